The number of hydrogen-bond acceptors (Lipinski definition) is 4. The maximum atomic E-state index is 11.9. The van der Waals surface area contributed by atoms with Gasteiger partial charge in [0.15, 0.2) is 11.9 Å². The van der Waals surface area contributed by atoms with Crippen molar-refractivity contribution in [3.63, 3.8) is 0 Å². The second-order valence-corrected chi connectivity index (χ2v) is 6.91. The molecule has 2 unspecified atom stereocenters. The topological polar surface area (TPSA) is 61.5 Å². The van der Waals surface area contributed by atoms with Crippen LogP contribution >= 0.6 is 0 Å². The van der Waals surface area contributed by atoms with Crippen LogP contribution in [0.2, 0.25) is 0 Å². The van der Waals surface area contributed by atoms with Crippen LogP contribution in [0, 0.1) is 12.8 Å². The first-order valence-corrected chi connectivity index (χ1v) is 8.66. The van der Waals surface area contributed by atoms with Crippen molar-refractivity contribution in [1.82, 2.24) is 0 Å². The fourth-order valence-electron chi connectivity index (χ4n) is 4.27. The van der Waals surface area contributed by atoms with Crippen LogP contribution in [0.25, 0.3) is 0 Å². The second kappa shape index (κ2) is 6.62. The Balaban J connectivity index is 2.05. The minimum Gasteiger partial charge on any atom is -0.496 e. The van der Waals surface area contributed by atoms with Crippen LogP contribution in [0.5, 0.6) is 5.75 Å². The molecule has 3 rings (SSSR count). The van der Waals surface area contributed by atoms with Crippen LogP contribution in [0.4, 0.5) is 0 Å². The number of rotatable bonds is 4. The number of fused-ring (bicyclic) bond motifs is 1. The smallest absolute Gasteiger partial charge is 0.161 e. The van der Waals surface area contributed by atoms with E-state index in [0.717, 1.165) is 35.1 Å². The molecule has 1 aliphatic carbocycles. The Morgan fingerprint density at radius 2 is 2.09 bits per heavy atom. The summed E-state index contributed by atoms with van der Waals surface area (Å²) >= 11 is 0. The van der Waals surface area contributed by atoms with E-state index in [1.807, 2.05) is 19.1 Å². The number of hydrogen-bond donors (Lipinski definition) is 1. The Morgan fingerprint density at radius 1 is 1.35 bits per heavy atom. The summed E-state index contributed by atoms with van der Waals surface area (Å²) in [5, 5.41) is 0. The predicted octanol–water partition coefficient (Wildman–Crippen LogP) is 2.88. The molecule has 1 fully saturated rings. The number of benzene rings is 1. The van der Waals surface area contributed by atoms with Crippen molar-refractivity contribution in [3.05, 3.63) is 28.8 Å². The zero-order valence-electron chi connectivity index (χ0n) is 14.1. The van der Waals surface area contributed by atoms with Crippen molar-refractivity contribution in [1.29, 1.82) is 0 Å². The number of methoxy groups -OCH3 is 1. The fourth-order valence-corrected chi connectivity index (χ4v) is 4.27. The molecule has 2 N–H and O–H groups in total. The molecule has 0 radical (unpaired) electrons. The summed E-state index contributed by atoms with van der Waals surface area (Å²) < 4.78 is 12.0. The fraction of sp³-hybridized carbons (Fsp3) is 0.632. The lowest BCUT2D eigenvalue weighted by Gasteiger charge is -2.43. The molecule has 1 saturated carbocycles. The van der Waals surface area contributed by atoms with E-state index in [-0.39, 0.29) is 12.6 Å². The van der Waals surface area contributed by atoms with Crippen LogP contribution in [-0.4, -0.2) is 26.0 Å². The van der Waals surface area contributed by atoms with E-state index in [9.17, 15) is 4.79 Å². The van der Waals surface area contributed by atoms with Gasteiger partial charge in [-0.2, -0.15) is 0 Å². The predicted molar refractivity (Wildman–Crippen MR) is 89.7 cm³/mol. The van der Waals surface area contributed by atoms with Crippen molar-refractivity contribution < 1.29 is 14.3 Å². The number of ether oxygens (including phenoxy) is 2. The Hall–Kier alpha value is -1.39. The highest BCUT2D eigenvalue weighted by Gasteiger charge is 2.44. The largest absolute Gasteiger partial charge is 0.496 e. The minimum atomic E-state index is -1.03. The Kier molecular flexibility index (Phi) is 4.74. The van der Waals surface area contributed by atoms with Gasteiger partial charge < -0.3 is 15.2 Å². The van der Waals surface area contributed by atoms with Gasteiger partial charge in [0.25, 0.3) is 0 Å². The average molecular weight is 317 g/mol. The zero-order valence-corrected chi connectivity index (χ0v) is 14.1. The van der Waals surface area contributed by atoms with Crippen LogP contribution in [0.15, 0.2) is 12.1 Å². The van der Waals surface area contributed by atoms with Crippen LogP contribution < -0.4 is 10.5 Å². The Labute approximate surface area is 138 Å². The molecule has 2 atom stereocenters. The summed E-state index contributed by atoms with van der Waals surface area (Å²) in [6, 6.07) is 3.96. The Bertz CT molecular complexity index is 580. The molecular formula is C19H27NO3. The maximum Gasteiger partial charge on any atom is 0.161 e. The summed E-state index contributed by atoms with van der Waals surface area (Å²) in [5.74, 6) is 1.39. The van der Waals surface area contributed by atoms with Gasteiger partial charge in [-0.3, -0.25) is 4.79 Å². The monoisotopic (exact) mass is 317 g/mol. The molecule has 0 amide bonds. The molecule has 1 heterocycles. The van der Waals surface area contributed by atoms with Crippen LogP contribution in [-0.2, 0) is 21.6 Å². The molecule has 0 aromatic heterocycles. The van der Waals surface area contributed by atoms with E-state index in [1.165, 1.54) is 32.1 Å². The van der Waals surface area contributed by atoms with E-state index in [2.05, 4.69) is 0 Å². The third-order valence-corrected chi connectivity index (χ3v) is 5.55. The number of aryl methyl sites for hydroxylation is 1. The molecule has 2 aliphatic rings. The van der Waals surface area contributed by atoms with E-state index >= 15 is 0 Å². The van der Waals surface area contributed by atoms with E-state index in [0.29, 0.717) is 5.92 Å². The first-order valence-electron chi connectivity index (χ1n) is 8.66. The SMILES string of the molecule is COc1c(C)ccc2c1CC(C1CCCCC1)OC2(C=O)CN. The van der Waals surface area contributed by atoms with Crippen LogP contribution in [0.1, 0.15) is 48.8 Å². The summed E-state index contributed by atoms with van der Waals surface area (Å²) in [4.78, 5) is 11.9. The Morgan fingerprint density at radius 3 is 2.70 bits per heavy atom. The summed E-state index contributed by atoms with van der Waals surface area (Å²) in [5.41, 5.74) is 8.03. The minimum absolute atomic E-state index is 0.0484. The van der Waals surface area contributed by atoms with Gasteiger partial charge >= 0.3 is 0 Å². The van der Waals surface area contributed by atoms with Gasteiger partial charge in [-0.1, -0.05) is 31.4 Å². The van der Waals surface area contributed by atoms with Gasteiger partial charge in [0, 0.05) is 18.5 Å². The summed E-state index contributed by atoms with van der Waals surface area (Å²) in [7, 11) is 1.69. The summed E-state index contributed by atoms with van der Waals surface area (Å²) in [6.45, 7) is 2.20. The molecule has 1 aliphatic heterocycles. The molecule has 4 heteroatoms. The molecule has 126 valence electrons. The standard InChI is InChI=1S/C19H27NO3/c1-13-8-9-16-15(18(13)22-2)10-17(14-6-4-3-5-7-14)23-19(16,11-20)12-21/h8-9,12,14,17H,3-7,10-11,20H2,1-2H3. The first-order chi connectivity index (χ1) is 11.1. The molecule has 23 heavy (non-hydrogen) atoms. The van der Waals surface area contributed by atoms with Crippen molar-refractivity contribution >= 4 is 6.29 Å². The molecule has 0 saturated heterocycles. The lowest BCUT2D eigenvalue weighted by molar-refractivity contribution is -0.152. The van der Waals surface area contributed by atoms with Gasteiger partial charge in [-0.25, -0.2) is 0 Å². The number of nitrogens with two attached hydrogens (primary N) is 1. The second-order valence-electron chi connectivity index (χ2n) is 6.91. The van der Waals surface area contributed by atoms with E-state index in [4.69, 9.17) is 15.2 Å². The quantitative estimate of drug-likeness (QED) is 0.867. The van der Waals surface area contributed by atoms with Gasteiger partial charge in [0.1, 0.15) is 5.75 Å². The maximum absolute atomic E-state index is 11.9. The zero-order chi connectivity index (χ0) is 16.4. The lowest BCUT2D eigenvalue weighted by atomic mass is 9.77. The highest BCUT2D eigenvalue weighted by molar-refractivity contribution is 5.70. The molecule has 4 nitrogen and oxygen atoms in total. The average Bonchev–Trinajstić information content (AvgIpc) is 2.61. The molecule has 1 aromatic carbocycles. The van der Waals surface area contributed by atoms with Crippen molar-refractivity contribution in [3.8, 4) is 5.75 Å². The van der Waals surface area contributed by atoms with Crippen LogP contribution in [0.3, 0.4) is 0 Å². The number of aldehydes is 1. The van der Waals surface area contributed by atoms with Gasteiger partial charge in [-0.15, -0.1) is 0 Å². The van der Waals surface area contributed by atoms with Crippen molar-refractivity contribution in [2.24, 2.45) is 11.7 Å². The van der Waals surface area contributed by atoms with Gasteiger partial charge in [-0.05, 0) is 36.8 Å². The van der Waals surface area contributed by atoms with Gasteiger partial charge in [0.05, 0.1) is 13.2 Å². The van der Waals surface area contributed by atoms with Crippen molar-refractivity contribution in [2.75, 3.05) is 13.7 Å². The van der Waals surface area contributed by atoms with Gasteiger partial charge in [0.2, 0.25) is 0 Å². The number of carbonyl (C=O) groups excluding carboxylic acids is 1. The van der Waals surface area contributed by atoms with E-state index < -0.39 is 5.60 Å². The highest BCUT2D eigenvalue weighted by atomic mass is 16.5. The number of carbonyl (C=O) groups is 1. The molecular weight excluding hydrogens is 290 g/mol. The third-order valence-electron chi connectivity index (χ3n) is 5.55. The normalized spacial score (nSPS) is 28.2. The molecule has 0 spiro atoms. The third kappa shape index (κ3) is 2.79. The summed E-state index contributed by atoms with van der Waals surface area (Å²) in [6.07, 6.45) is 7.89. The first kappa shape index (κ1) is 16.5. The van der Waals surface area contributed by atoms with E-state index in [1.54, 1.807) is 7.11 Å². The van der Waals surface area contributed by atoms with Crippen molar-refractivity contribution in [2.45, 2.75) is 57.2 Å². The molecule has 0 bridgehead atoms. The molecule has 1 aromatic rings. The highest BCUT2D eigenvalue weighted by Crippen LogP contribution is 2.43. The lowest BCUT2D eigenvalue weighted by Crippen LogP contribution is -2.49.